The number of nitrogens with zero attached hydrogens (tertiary/aromatic N) is 1. The molecule has 1 aliphatic rings. The largest absolute Gasteiger partial charge is 0.496 e. The van der Waals surface area contributed by atoms with Crippen LogP contribution in [0.2, 0.25) is 0 Å². The Morgan fingerprint density at radius 3 is 2.07 bits per heavy atom. The number of methoxy groups -OCH3 is 2. The lowest BCUT2D eigenvalue weighted by Gasteiger charge is -2.14. The third kappa shape index (κ3) is 2.96. The molecule has 5 rings (SSSR count). The van der Waals surface area contributed by atoms with Crippen molar-refractivity contribution >= 4 is 16.6 Å². The number of H-pyrrole nitrogens is 1. The summed E-state index contributed by atoms with van der Waals surface area (Å²) in [6.45, 7) is 0.865. The highest BCUT2D eigenvalue weighted by Gasteiger charge is 2.26. The Morgan fingerprint density at radius 1 is 0.800 bits per heavy atom. The van der Waals surface area contributed by atoms with E-state index < -0.39 is 0 Å². The van der Waals surface area contributed by atoms with E-state index in [4.69, 9.17) is 14.5 Å². The monoisotopic (exact) mass is 396 g/mol. The average molecular weight is 396 g/mol. The number of hydrogen-bond acceptors (Lipinski definition) is 3. The van der Waals surface area contributed by atoms with Crippen LogP contribution in [-0.4, -0.2) is 31.5 Å². The smallest absolute Gasteiger partial charge is 0.133 e. The van der Waals surface area contributed by atoms with Crippen molar-refractivity contribution in [1.82, 2.24) is 4.98 Å². The number of nitrogens with one attached hydrogen (secondary N) is 1. The molecule has 2 heterocycles. The number of aliphatic imine (C=N–C) groups is 1. The highest BCUT2D eigenvalue weighted by molar-refractivity contribution is 6.18. The zero-order valence-electron chi connectivity index (χ0n) is 17.2. The summed E-state index contributed by atoms with van der Waals surface area (Å²) in [6, 6.07) is 22.9. The van der Waals surface area contributed by atoms with E-state index in [-0.39, 0.29) is 0 Å². The summed E-state index contributed by atoms with van der Waals surface area (Å²) in [4.78, 5) is 8.51. The van der Waals surface area contributed by atoms with Crippen molar-refractivity contribution in [3.63, 3.8) is 0 Å². The fraction of sp³-hybridized carbons (Fsp3) is 0.192. The van der Waals surface area contributed by atoms with Gasteiger partial charge in [-0.05, 0) is 24.0 Å². The van der Waals surface area contributed by atoms with Crippen LogP contribution in [-0.2, 0) is 0 Å². The molecule has 1 N–H and O–H groups in total. The highest BCUT2D eigenvalue weighted by atomic mass is 16.5. The number of ether oxygens (including phenoxy) is 2. The molecule has 0 unspecified atom stereocenters. The summed E-state index contributed by atoms with van der Waals surface area (Å²) in [5.41, 5.74) is 7.65. The minimum absolute atomic E-state index is 0.792. The number of rotatable bonds is 5. The molecule has 0 radical (unpaired) electrons. The molecule has 0 atom stereocenters. The van der Waals surface area contributed by atoms with E-state index in [9.17, 15) is 0 Å². The molecule has 1 aliphatic heterocycles. The molecule has 0 amide bonds. The lowest BCUT2D eigenvalue weighted by molar-refractivity contribution is 0.397. The fourth-order valence-corrected chi connectivity index (χ4v) is 4.39. The maximum absolute atomic E-state index is 5.86. The van der Waals surface area contributed by atoms with Gasteiger partial charge in [-0.3, -0.25) is 4.99 Å². The number of benzene rings is 3. The van der Waals surface area contributed by atoms with Crippen LogP contribution in [0.15, 0.2) is 71.7 Å². The van der Waals surface area contributed by atoms with Crippen molar-refractivity contribution in [3.05, 3.63) is 72.3 Å². The van der Waals surface area contributed by atoms with Crippen LogP contribution in [0.1, 0.15) is 18.4 Å². The first-order valence-corrected chi connectivity index (χ1v) is 10.3. The van der Waals surface area contributed by atoms with Crippen molar-refractivity contribution in [3.8, 4) is 33.9 Å². The predicted octanol–water partition coefficient (Wildman–Crippen LogP) is 6.10. The molecule has 4 nitrogen and oxygen atoms in total. The molecular weight excluding hydrogens is 372 g/mol. The van der Waals surface area contributed by atoms with Gasteiger partial charge < -0.3 is 14.5 Å². The van der Waals surface area contributed by atoms with E-state index in [2.05, 4.69) is 53.5 Å². The van der Waals surface area contributed by atoms with Gasteiger partial charge in [-0.1, -0.05) is 60.7 Å². The molecule has 1 aromatic heterocycles. The second kappa shape index (κ2) is 7.71. The van der Waals surface area contributed by atoms with Crippen LogP contribution < -0.4 is 9.47 Å². The molecule has 30 heavy (non-hydrogen) atoms. The zero-order chi connectivity index (χ0) is 20.5. The molecule has 0 aliphatic carbocycles. The van der Waals surface area contributed by atoms with Crippen molar-refractivity contribution in [1.29, 1.82) is 0 Å². The Morgan fingerprint density at radius 2 is 1.47 bits per heavy atom. The first-order chi connectivity index (χ1) is 14.8. The van der Waals surface area contributed by atoms with Gasteiger partial charge in [-0.15, -0.1) is 0 Å². The summed E-state index contributed by atoms with van der Waals surface area (Å²) >= 11 is 0. The van der Waals surface area contributed by atoms with Crippen molar-refractivity contribution in [2.24, 2.45) is 4.99 Å². The molecule has 3 aromatic carbocycles. The number of hydrogen-bond donors (Lipinski definition) is 1. The molecule has 0 saturated carbocycles. The van der Waals surface area contributed by atoms with Crippen LogP contribution >= 0.6 is 0 Å². The predicted molar refractivity (Wildman–Crippen MR) is 123 cm³/mol. The van der Waals surface area contributed by atoms with E-state index in [1.54, 1.807) is 14.2 Å². The highest BCUT2D eigenvalue weighted by Crippen LogP contribution is 2.46. The summed E-state index contributed by atoms with van der Waals surface area (Å²) in [5.74, 6) is 1.59. The maximum atomic E-state index is 5.86. The average Bonchev–Trinajstić information content (AvgIpc) is 3.47. The molecule has 0 spiro atoms. The second-order valence-electron chi connectivity index (χ2n) is 7.45. The van der Waals surface area contributed by atoms with E-state index in [1.807, 2.05) is 18.2 Å². The van der Waals surface area contributed by atoms with Gasteiger partial charge in [0, 0.05) is 23.9 Å². The molecular formula is C26H24N2O2. The van der Waals surface area contributed by atoms with E-state index in [0.717, 1.165) is 75.4 Å². The second-order valence-corrected chi connectivity index (χ2v) is 7.45. The van der Waals surface area contributed by atoms with Crippen LogP contribution in [0.4, 0.5) is 0 Å². The lowest BCUT2D eigenvalue weighted by Crippen LogP contribution is -2.03. The Hall–Kier alpha value is -3.53. The van der Waals surface area contributed by atoms with Gasteiger partial charge in [0.1, 0.15) is 11.5 Å². The maximum Gasteiger partial charge on any atom is 0.133 e. The third-order valence-electron chi connectivity index (χ3n) is 5.73. The van der Waals surface area contributed by atoms with Gasteiger partial charge in [0.15, 0.2) is 0 Å². The van der Waals surface area contributed by atoms with Crippen LogP contribution in [0.25, 0.3) is 33.3 Å². The molecule has 4 aromatic rings. The van der Waals surface area contributed by atoms with Gasteiger partial charge >= 0.3 is 0 Å². The minimum atomic E-state index is 0.792. The van der Waals surface area contributed by atoms with Crippen LogP contribution in [0.5, 0.6) is 11.5 Å². The van der Waals surface area contributed by atoms with E-state index in [1.165, 1.54) is 0 Å². The fourth-order valence-electron chi connectivity index (χ4n) is 4.39. The van der Waals surface area contributed by atoms with Crippen molar-refractivity contribution < 1.29 is 9.47 Å². The Kier molecular flexibility index (Phi) is 4.75. The van der Waals surface area contributed by atoms with E-state index >= 15 is 0 Å². The Balaban J connectivity index is 1.93. The first kappa shape index (κ1) is 18.5. The normalized spacial score (nSPS) is 13.5. The van der Waals surface area contributed by atoms with Gasteiger partial charge in [0.2, 0.25) is 0 Å². The Labute approximate surface area is 176 Å². The molecule has 0 bridgehead atoms. The quantitative estimate of drug-likeness (QED) is 0.443. The zero-order valence-corrected chi connectivity index (χ0v) is 17.2. The molecule has 0 saturated heterocycles. The Bertz CT molecular complexity index is 1220. The summed E-state index contributed by atoms with van der Waals surface area (Å²) in [7, 11) is 3.42. The molecule has 0 fully saturated rings. The number of aromatic nitrogens is 1. The van der Waals surface area contributed by atoms with E-state index in [0.29, 0.717) is 0 Å². The van der Waals surface area contributed by atoms with Crippen LogP contribution in [0.3, 0.4) is 0 Å². The standard InChI is InChI=1S/C26H24N2O2/c1-29-20-16-21(30-2)24-22(17-10-5-3-6-11-17)25(18-12-7-4-8-13-18)28-26(24)23(20)19-14-9-15-27-19/h3-8,10-13,16,28H,9,14-15H2,1-2H3. The van der Waals surface area contributed by atoms with Gasteiger partial charge in [-0.25, -0.2) is 0 Å². The SMILES string of the molecule is COc1cc(OC)c2c(-c3ccccc3)c(-c3ccccc3)[nH]c2c1C1=NCCC1. The number of aromatic amines is 1. The summed E-state index contributed by atoms with van der Waals surface area (Å²) < 4.78 is 11.6. The molecule has 150 valence electrons. The van der Waals surface area contributed by atoms with Crippen LogP contribution in [0, 0.1) is 0 Å². The van der Waals surface area contributed by atoms with Gasteiger partial charge in [-0.2, -0.15) is 0 Å². The minimum Gasteiger partial charge on any atom is -0.496 e. The van der Waals surface area contributed by atoms with Gasteiger partial charge in [0.05, 0.1) is 36.4 Å². The molecule has 4 heteroatoms. The first-order valence-electron chi connectivity index (χ1n) is 10.3. The summed E-state index contributed by atoms with van der Waals surface area (Å²) in [5, 5.41) is 1.06. The van der Waals surface area contributed by atoms with Gasteiger partial charge in [0.25, 0.3) is 0 Å². The summed E-state index contributed by atoms with van der Waals surface area (Å²) in [6.07, 6.45) is 2.03. The topological polar surface area (TPSA) is 46.6 Å². The number of fused-ring (bicyclic) bond motifs is 1. The van der Waals surface area contributed by atoms with Crippen molar-refractivity contribution in [2.45, 2.75) is 12.8 Å². The lowest BCUT2D eigenvalue weighted by atomic mass is 9.95. The third-order valence-corrected chi connectivity index (χ3v) is 5.73. The van der Waals surface area contributed by atoms with Crippen molar-refractivity contribution in [2.75, 3.05) is 20.8 Å².